The van der Waals surface area contributed by atoms with Gasteiger partial charge in [0.25, 0.3) is 0 Å². The third-order valence-corrected chi connectivity index (χ3v) is 7.58. The Morgan fingerprint density at radius 3 is 2.75 bits per heavy atom. The topological polar surface area (TPSA) is 82.8 Å². The highest BCUT2D eigenvalue weighted by atomic mass is 16.3. The number of nitrogens with zero attached hydrogens (tertiary/aromatic N) is 5. The Labute approximate surface area is 214 Å². The number of nitroso groups, excluding NO2 is 1. The zero-order valence-corrected chi connectivity index (χ0v) is 22.3. The minimum atomic E-state index is 0.0680. The van der Waals surface area contributed by atoms with Crippen molar-refractivity contribution in [1.82, 2.24) is 15.3 Å². The van der Waals surface area contributed by atoms with Crippen molar-refractivity contribution >= 4 is 41.1 Å². The van der Waals surface area contributed by atoms with E-state index in [2.05, 4.69) is 62.0 Å². The Morgan fingerprint density at radius 1 is 1.25 bits per heavy atom. The Morgan fingerprint density at radius 2 is 2.06 bits per heavy atom. The summed E-state index contributed by atoms with van der Waals surface area (Å²) < 4.78 is 0. The van der Waals surface area contributed by atoms with Gasteiger partial charge in [0.2, 0.25) is 0 Å². The second-order valence-corrected chi connectivity index (χ2v) is 11.3. The number of pyridine rings is 2. The van der Waals surface area contributed by atoms with Gasteiger partial charge in [-0.05, 0) is 69.5 Å². The van der Waals surface area contributed by atoms with E-state index in [0.29, 0.717) is 5.69 Å². The summed E-state index contributed by atoms with van der Waals surface area (Å²) in [5.74, 6) is 0.982. The van der Waals surface area contributed by atoms with E-state index in [1.54, 1.807) is 0 Å². The van der Waals surface area contributed by atoms with Crippen molar-refractivity contribution in [2.45, 2.75) is 71.7 Å². The first-order valence-corrected chi connectivity index (χ1v) is 13.0. The standard InChI is InChI=1S/C28H35BN6O/c1-7-20-12-19-13-21(26(33-36)17(2)25(19)31-20)22-9-8-18-14-24(30-15-23(18)32-22)35-11-10-28(16-35,29-6)34-27(3,4)5/h8-9,13-15,29,34H,7,10-12,16H2,1-6H3. The molecule has 1 N–H and O–H groups in total. The van der Waals surface area contributed by atoms with E-state index < -0.39 is 0 Å². The smallest absolute Gasteiger partial charge is 0.145 e. The summed E-state index contributed by atoms with van der Waals surface area (Å²) in [6.45, 7) is 14.9. The lowest BCUT2D eigenvalue weighted by Crippen LogP contribution is -2.58. The van der Waals surface area contributed by atoms with Crippen LogP contribution in [0.5, 0.6) is 0 Å². The molecule has 7 nitrogen and oxygen atoms in total. The molecular weight excluding hydrogens is 447 g/mol. The molecule has 4 heterocycles. The van der Waals surface area contributed by atoms with Gasteiger partial charge in [-0.1, -0.05) is 19.8 Å². The summed E-state index contributed by atoms with van der Waals surface area (Å²) in [5, 5.41) is 8.28. The van der Waals surface area contributed by atoms with Gasteiger partial charge in [-0.2, -0.15) is 0 Å². The fraction of sp³-hybridized carbons (Fsp3) is 0.464. The predicted molar refractivity (Wildman–Crippen MR) is 152 cm³/mol. The summed E-state index contributed by atoms with van der Waals surface area (Å²) >= 11 is 0. The molecule has 1 unspecified atom stereocenters. The monoisotopic (exact) mass is 482 g/mol. The lowest BCUT2D eigenvalue weighted by atomic mass is 9.59. The largest absolute Gasteiger partial charge is 0.355 e. The molecule has 0 spiro atoms. The third-order valence-electron chi connectivity index (χ3n) is 7.58. The molecule has 5 rings (SSSR count). The molecule has 1 fully saturated rings. The van der Waals surface area contributed by atoms with Crippen LogP contribution in [0.2, 0.25) is 6.82 Å². The maximum absolute atomic E-state index is 11.8. The highest BCUT2D eigenvalue weighted by Crippen LogP contribution is 2.43. The fourth-order valence-corrected chi connectivity index (χ4v) is 5.77. The van der Waals surface area contributed by atoms with E-state index in [4.69, 9.17) is 15.0 Å². The van der Waals surface area contributed by atoms with Gasteiger partial charge >= 0.3 is 0 Å². The summed E-state index contributed by atoms with van der Waals surface area (Å²) in [5.41, 5.74) is 6.90. The Bertz CT molecular complexity index is 1380. The summed E-state index contributed by atoms with van der Waals surface area (Å²) in [7, 11) is 1.08. The van der Waals surface area contributed by atoms with Crippen LogP contribution in [0.1, 0.15) is 51.7 Å². The molecule has 1 aromatic carbocycles. The van der Waals surface area contributed by atoms with Gasteiger partial charge in [0.15, 0.2) is 0 Å². The van der Waals surface area contributed by atoms with Gasteiger partial charge in [-0.15, -0.1) is 4.91 Å². The lowest BCUT2D eigenvalue weighted by molar-refractivity contribution is 0.339. The molecular formula is C28H35BN6O. The molecule has 0 saturated carbocycles. The second kappa shape index (κ2) is 9.07. The van der Waals surface area contributed by atoms with Crippen molar-refractivity contribution in [2.24, 2.45) is 10.2 Å². The molecule has 3 aromatic rings. The number of nitrogens with one attached hydrogen (secondary N) is 1. The van der Waals surface area contributed by atoms with Gasteiger partial charge in [0, 0.05) is 52.7 Å². The van der Waals surface area contributed by atoms with Crippen LogP contribution in [0.3, 0.4) is 0 Å². The van der Waals surface area contributed by atoms with Crippen molar-refractivity contribution in [1.29, 1.82) is 0 Å². The van der Waals surface area contributed by atoms with Gasteiger partial charge in [0.05, 0.1) is 23.1 Å². The Hall–Kier alpha value is -3.13. The van der Waals surface area contributed by atoms with Crippen molar-refractivity contribution < 1.29 is 0 Å². The molecule has 186 valence electrons. The van der Waals surface area contributed by atoms with Gasteiger partial charge in [-0.25, -0.2) is 9.97 Å². The zero-order valence-electron chi connectivity index (χ0n) is 22.3. The van der Waals surface area contributed by atoms with E-state index in [9.17, 15) is 4.91 Å². The fourth-order valence-electron chi connectivity index (χ4n) is 5.77. The van der Waals surface area contributed by atoms with Crippen molar-refractivity contribution in [2.75, 3.05) is 18.0 Å². The number of rotatable bonds is 6. The average molecular weight is 482 g/mol. The van der Waals surface area contributed by atoms with Crippen LogP contribution in [-0.4, -0.2) is 47.0 Å². The van der Waals surface area contributed by atoms with E-state index >= 15 is 0 Å². The third kappa shape index (κ3) is 4.43. The van der Waals surface area contributed by atoms with Crippen LogP contribution < -0.4 is 10.2 Å². The number of anilines is 1. The van der Waals surface area contributed by atoms with E-state index in [-0.39, 0.29) is 11.0 Å². The highest BCUT2D eigenvalue weighted by Gasteiger charge is 2.39. The van der Waals surface area contributed by atoms with E-state index in [1.807, 2.05) is 25.3 Å². The molecule has 8 heteroatoms. The predicted octanol–water partition coefficient (Wildman–Crippen LogP) is 5.82. The molecule has 2 aliphatic heterocycles. The molecule has 0 bridgehead atoms. The van der Waals surface area contributed by atoms with Crippen LogP contribution in [-0.2, 0) is 6.42 Å². The Balaban J connectivity index is 1.45. The first kappa shape index (κ1) is 24.6. The quantitative estimate of drug-likeness (QED) is 0.354. The molecule has 1 saturated heterocycles. The summed E-state index contributed by atoms with van der Waals surface area (Å²) in [4.78, 5) is 28.6. The van der Waals surface area contributed by atoms with Crippen molar-refractivity contribution in [3.05, 3.63) is 46.5 Å². The maximum atomic E-state index is 11.8. The number of benzene rings is 1. The molecule has 0 radical (unpaired) electrons. The molecule has 36 heavy (non-hydrogen) atoms. The average Bonchev–Trinajstić information content (AvgIpc) is 3.47. The van der Waals surface area contributed by atoms with Crippen LogP contribution in [0, 0.1) is 11.8 Å². The van der Waals surface area contributed by atoms with Crippen LogP contribution in [0.15, 0.2) is 40.6 Å². The molecule has 2 aliphatic rings. The number of hydrogen-bond acceptors (Lipinski definition) is 7. The first-order valence-electron chi connectivity index (χ1n) is 13.0. The van der Waals surface area contributed by atoms with Crippen LogP contribution in [0.25, 0.3) is 22.2 Å². The Kier molecular flexibility index (Phi) is 6.19. The zero-order chi connectivity index (χ0) is 25.7. The molecule has 2 aromatic heterocycles. The lowest BCUT2D eigenvalue weighted by Gasteiger charge is -2.37. The summed E-state index contributed by atoms with van der Waals surface area (Å²) in [6.07, 6.45) is 4.67. The van der Waals surface area contributed by atoms with Gasteiger partial charge in [0.1, 0.15) is 18.8 Å². The number of aliphatic imine (C=N–C) groups is 1. The van der Waals surface area contributed by atoms with Crippen LogP contribution in [0.4, 0.5) is 17.2 Å². The maximum Gasteiger partial charge on any atom is 0.145 e. The van der Waals surface area contributed by atoms with Gasteiger partial charge < -0.3 is 10.2 Å². The SMILES string of the molecule is CBC1(NC(C)(C)C)CCN(c2cc3ccc(-c4cc5c(c(C)c4N=O)N=C(CC)C5)nc3cn2)C1. The van der Waals surface area contributed by atoms with Gasteiger partial charge in [-0.3, -0.25) is 4.99 Å². The number of aromatic nitrogens is 2. The van der Waals surface area contributed by atoms with E-state index in [1.165, 1.54) is 0 Å². The number of fused-ring (bicyclic) bond motifs is 2. The van der Waals surface area contributed by atoms with Crippen molar-refractivity contribution in [3.63, 3.8) is 0 Å². The van der Waals surface area contributed by atoms with E-state index in [0.717, 1.165) is 90.1 Å². The molecule has 0 amide bonds. The molecule has 0 aliphatic carbocycles. The summed E-state index contributed by atoms with van der Waals surface area (Å²) in [6, 6.07) is 8.23. The number of hydrogen-bond donors (Lipinski definition) is 1. The minimum absolute atomic E-state index is 0.0680. The van der Waals surface area contributed by atoms with Crippen molar-refractivity contribution in [3.8, 4) is 11.3 Å². The minimum Gasteiger partial charge on any atom is -0.355 e. The highest BCUT2D eigenvalue weighted by molar-refractivity contribution is 6.39. The van der Waals surface area contributed by atoms with Crippen LogP contribution >= 0.6 is 0 Å². The normalized spacial score (nSPS) is 19.5. The first-order chi connectivity index (χ1) is 17.1. The second-order valence-electron chi connectivity index (χ2n) is 11.3. The molecule has 1 atom stereocenters.